The summed E-state index contributed by atoms with van der Waals surface area (Å²) in [6.45, 7) is 11.8. The predicted molar refractivity (Wildman–Crippen MR) is 63.8 cm³/mol. The third kappa shape index (κ3) is 3.67. The zero-order chi connectivity index (χ0) is 11.3. The summed E-state index contributed by atoms with van der Waals surface area (Å²) in [6.07, 6.45) is 3.12. The van der Waals surface area contributed by atoms with E-state index in [1.807, 2.05) is 6.20 Å². The number of nitrogens with one attached hydrogen (secondary N) is 1. The van der Waals surface area contributed by atoms with Gasteiger partial charge < -0.3 is 5.32 Å². The molecule has 15 heavy (non-hydrogen) atoms. The maximum atomic E-state index is 4.38. The van der Waals surface area contributed by atoms with Gasteiger partial charge in [0.25, 0.3) is 0 Å². The van der Waals surface area contributed by atoms with Crippen molar-refractivity contribution in [1.29, 1.82) is 0 Å². The van der Waals surface area contributed by atoms with Gasteiger partial charge in [-0.25, -0.2) is 0 Å². The molecule has 0 aliphatic heterocycles. The summed E-state index contributed by atoms with van der Waals surface area (Å²) in [5.41, 5.74) is 2.62. The molecular formula is C12H23N3. The molecule has 3 heteroatoms. The summed E-state index contributed by atoms with van der Waals surface area (Å²) in [5.74, 6) is 0.705. The Labute approximate surface area is 92.9 Å². The second-order valence-electron chi connectivity index (χ2n) is 4.50. The highest BCUT2D eigenvalue weighted by Crippen LogP contribution is 2.07. The molecule has 86 valence electrons. The summed E-state index contributed by atoms with van der Waals surface area (Å²) >= 11 is 0. The standard InChI is InChI=1S/C12H23N3/c1-5-6-15-11(4)12(9-14-15)8-13-7-10(2)3/h9-10,13H,5-8H2,1-4H3. The van der Waals surface area contributed by atoms with Crippen LogP contribution in [-0.4, -0.2) is 16.3 Å². The van der Waals surface area contributed by atoms with E-state index in [9.17, 15) is 0 Å². The maximum Gasteiger partial charge on any atom is 0.0537 e. The van der Waals surface area contributed by atoms with Crippen molar-refractivity contribution in [2.75, 3.05) is 6.54 Å². The fraction of sp³-hybridized carbons (Fsp3) is 0.750. The van der Waals surface area contributed by atoms with Crippen molar-refractivity contribution < 1.29 is 0 Å². The third-order valence-electron chi connectivity index (χ3n) is 2.51. The van der Waals surface area contributed by atoms with Gasteiger partial charge in [0.1, 0.15) is 0 Å². The van der Waals surface area contributed by atoms with Crippen LogP contribution >= 0.6 is 0 Å². The van der Waals surface area contributed by atoms with Crippen LogP contribution in [0.3, 0.4) is 0 Å². The van der Waals surface area contributed by atoms with Crippen LogP contribution in [-0.2, 0) is 13.1 Å². The Kier molecular flexibility index (Phi) is 4.82. The molecule has 0 bridgehead atoms. The van der Waals surface area contributed by atoms with E-state index in [4.69, 9.17) is 0 Å². The Bertz CT molecular complexity index is 289. The van der Waals surface area contributed by atoms with Gasteiger partial charge in [-0.15, -0.1) is 0 Å². The molecule has 1 aromatic heterocycles. The lowest BCUT2D eigenvalue weighted by atomic mass is 10.2. The summed E-state index contributed by atoms with van der Waals surface area (Å²) in [7, 11) is 0. The van der Waals surface area contributed by atoms with Gasteiger partial charge in [0, 0.05) is 24.3 Å². The topological polar surface area (TPSA) is 29.9 Å². The highest BCUT2D eigenvalue weighted by Gasteiger charge is 2.05. The molecular weight excluding hydrogens is 186 g/mol. The molecule has 0 fully saturated rings. The highest BCUT2D eigenvalue weighted by atomic mass is 15.3. The van der Waals surface area contributed by atoms with E-state index in [2.05, 4.69) is 42.8 Å². The minimum Gasteiger partial charge on any atom is -0.312 e. The molecule has 0 radical (unpaired) electrons. The lowest BCUT2D eigenvalue weighted by molar-refractivity contribution is 0.549. The Morgan fingerprint density at radius 1 is 1.47 bits per heavy atom. The minimum atomic E-state index is 0.705. The zero-order valence-electron chi connectivity index (χ0n) is 10.4. The molecule has 1 aromatic rings. The SMILES string of the molecule is CCCn1ncc(CNCC(C)C)c1C. The first-order valence-corrected chi connectivity index (χ1v) is 5.87. The van der Waals surface area contributed by atoms with Crippen molar-refractivity contribution in [2.45, 2.75) is 47.2 Å². The van der Waals surface area contributed by atoms with E-state index in [1.165, 1.54) is 11.3 Å². The van der Waals surface area contributed by atoms with E-state index >= 15 is 0 Å². The quantitative estimate of drug-likeness (QED) is 0.779. The van der Waals surface area contributed by atoms with Gasteiger partial charge in [0.05, 0.1) is 6.20 Å². The van der Waals surface area contributed by atoms with Crippen LogP contribution < -0.4 is 5.32 Å². The molecule has 0 amide bonds. The molecule has 0 aromatic carbocycles. The van der Waals surface area contributed by atoms with Crippen LogP contribution in [0, 0.1) is 12.8 Å². The van der Waals surface area contributed by atoms with E-state index in [0.29, 0.717) is 5.92 Å². The average Bonchev–Trinajstić information content (AvgIpc) is 2.50. The average molecular weight is 209 g/mol. The summed E-state index contributed by atoms with van der Waals surface area (Å²) in [4.78, 5) is 0. The van der Waals surface area contributed by atoms with Crippen LogP contribution in [0.15, 0.2) is 6.20 Å². The van der Waals surface area contributed by atoms with Gasteiger partial charge in [-0.3, -0.25) is 4.68 Å². The molecule has 0 atom stereocenters. The molecule has 1 rings (SSSR count). The predicted octanol–water partition coefficient (Wildman–Crippen LogP) is 2.35. The van der Waals surface area contributed by atoms with Crippen LogP contribution in [0.5, 0.6) is 0 Å². The number of aryl methyl sites for hydroxylation is 1. The monoisotopic (exact) mass is 209 g/mol. The van der Waals surface area contributed by atoms with E-state index in [0.717, 1.165) is 26.1 Å². The minimum absolute atomic E-state index is 0.705. The highest BCUT2D eigenvalue weighted by molar-refractivity contribution is 5.15. The van der Waals surface area contributed by atoms with Gasteiger partial charge in [-0.1, -0.05) is 20.8 Å². The number of nitrogens with zero attached hydrogens (tertiary/aromatic N) is 2. The molecule has 1 N–H and O–H groups in total. The van der Waals surface area contributed by atoms with E-state index < -0.39 is 0 Å². The van der Waals surface area contributed by atoms with Gasteiger partial charge in [0.15, 0.2) is 0 Å². The molecule has 3 nitrogen and oxygen atoms in total. The first kappa shape index (κ1) is 12.2. The fourth-order valence-electron chi connectivity index (χ4n) is 1.59. The lowest BCUT2D eigenvalue weighted by Gasteiger charge is -2.07. The van der Waals surface area contributed by atoms with Crippen LogP contribution in [0.1, 0.15) is 38.4 Å². The van der Waals surface area contributed by atoms with Gasteiger partial charge in [-0.05, 0) is 25.8 Å². The van der Waals surface area contributed by atoms with Crippen LogP contribution in [0.25, 0.3) is 0 Å². The Morgan fingerprint density at radius 3 is 2.80 bits per heavy atom. The number of rotatable bonds is 6. The normalized spacial score (nSPS) is 11.3. The molecule has 0 aliphatic rings. The van der Waals surface area contributed by atoms with E-state index in [1.54, 1.807) is 0 Å². The Balaban J connectivity index is 2.47. The lowest BCUT2D eigenvalue weighted by Crippen LogP contribution is -2.19. The molecule has 0 unspecified atom stereocenters. The van der Waals surface area contributed by atoms with Crippen molar-refractivity contribution in [3.63, 3.8) is 0 Å². The second-order valence-corrected chi connectivity index (χ2v) is 4.50. The Morgan fingerprint density at radius 2 is 2.20 bits per heavy atom. The molecule has 0 saturated heterocycles. The van der Waals surface area contributed by atoms with Gasteiger partial charge >= 0.3 is 0 Å². The Hall–Kier alpha value is -0.830. The summed E-state index contributed by atoms with van der Waals surface area (Å²) in [5, 5.41) is 7.82. The van der Waals surface area contributed by atoms with Crippen molar-refractivity contribution >= 4 is 0 Å². The second kappa shape index (κ2) is 5.91. The van der Waals surface area contributed by atoms with E-state index in [-0.39, 0.29) is 0 Å². The first-order valence-electron chi connectivity index (χ1n) is 5.87. The number of hydrogen-bond donors (Lipinski definition) is 1. The smallest absolute Gasteiger partial charge is 0.0537 e. The number of hydrogen-bond acceptors (Lipinski definition) is 2. The fourth-order valence-corrected chi connectivity index (χ4v) is 1.59. The third-order valence-corrected chi connectivity index (χ3v) is 2.51. The summed E-state index contributed by atoms with van der Waals surface area (Å²) in [6, 6.07) is 0. The summed E-state index contributed by atoms with van der Waals surface area (Å²) < 4.78 is 2.09. The van der Waals surface area contributed by atoms with Crippen molar-refractivity contribution in [2.24, 2.45) is 5.92 Å². The molecule has 0 aliphatic carbocycles. The first-order chi connectivity index (χ1) is 7.15. The zero-order valence-corrected chi connectivity index (χ0v) is 10.4. The molecule has 0 spiro atoms. The number of aromatic nitrogens is 2. The van der Waals surface area contributed by atoms with Crippen molar-refractivity contribution in [1.82, 2.24) is 15.1 Å². The largest absolute Gasteiger partial charge is 0.312 e. The van der Waals surface area contributed by atoms with Gasteiger partial charge in [0.2, 0.25) is 0 Å². The van der Waals surface area contributed by atoms with Gasteiger partial charge in [-0.2, -0.15) is 5.10 Å². The molecule has 1 heterocycles. The van der Waals surface area contributed by atoms with Crippen LogP contribution in [0.2, 0.25) is 0 Å². The van der Waals surface area contributed by atoms with Crippen molar-refractivity contribution in [3.8, 4) is 0 Å². The van der Waals surface area contributed by atoms with Crippen molar-refractivity contribution in [3.05, 3.63) is 17.5 Å². The van der Waals surface area contributed by atoms with Crippen LogP contribution in [0.4, 0.5) is 0 Å². The molecule has 0 saturated carbocycles. The maximum absolute atomic E-state index is 4.38.